The summed E-state index contributed by atoms with van der Waals surface area (Å²) in [6, 6.07) is 8.09. The molecule has 0 fully saturated rings. The van der Waals surface area contributed by atoms with E-state index in [4.69, 9.17) is 4.74 Å². The summed E-state index contributed by atoms with van der Waals surface area (Å²) in [5.41, 5.74) is 1.29. The van der Waals surface area contributed by atoms with Gasteiger partial charge in [-0.2, -0.15) is 0 Å². The molecule has 0 saturated heterocycles. The van der Waals surface area contributed by atoms with Crippen molar-refractivity contribution in [2.24, 2.45) is 0 Å². The Balaban J connectivity index is 1.78. The highest BCUT2D eigenvalue weighted by Gasteiger charge is 2.27. The maximum atomic E-state index is 13.6. The predicted octanol–water partition coefficient (Wildman–Crippen LogP) is 2.64. The number of rotatable bonds is 3. The Morgan fingerprint density at radius 3 is 2.79 bits per heavy atom. The molecule has 2 aromatic carbocycles. The average Bonchev–Trinajstić information content (AvgIpc) is 2.53. The van der Waals surface area contributed by atoms with E-state index in [0.29, 0.717) is 17.5 Å². The third-order valence-electron chi connectivity index (χ3n) is 3.57. The normalized spacial score (nSPS) is 13.3. The average molecular weight is 332 g/mol. The molecule has 1 heterocycles. The summed E-state index contributed by atoms with van der Waals surface area (Å²) >= 11 is 0. The first-order valence-corrected chi connectivity index (χ1v) is 7.23. The molecule has 0 aliphatic carbocycles. The molecule has 5 nitrogen and oxygen atoms in total. The molecule has 2 aromatic rings. The minimum absolute atomic E-state index is 0.147. The van der Waals surface area contributed by atoms with Crippen molar-refractivity contribution >= 4 is 23.2 Å². The molecule has 0 bridgehead atoms. The van der Waals surface area contributed by atoms with E-state index in [1.165, 1.54) is 4.90 Å². The van der Waals surface area contributed by atoms with Gasteiger partial charge in [-0.3, -0.25) is 14.5 Å². The number of carbonyl (C=O) groups is 2. The van der Waals surface area contributed by atoms with Crippen molar-refractivity contribution in [3.8, 4) is 5.75 Å². The smallest absolute Gasteiger partial charge is 0.265 e. The van der Waals surface area contributed by atoms with Crippen molar-refractivity contribution in [1.82, 2.24) is 0 Å². The van der Waals surface area contributed by atoms with Gasteiger partial charge in [-0.1, -0.05) is 6.07 Å². The number of nitrogens with one attached hydrogen (secondary N) is 1. The van der Waals surface area contributed by atoms with Crippen LogP contribution in [0.5, 0.6) is 5.75 Å². The molecule has 3 rings (SSSR count). The maximum Gasteiger partial charge on any atom is 0.265 e. The lowest BCUT2D eigenvalue weighted by atomic mass is 10.1. The summed E-state index contributed by atoms with van der Waals surface area (Å²) in [6.45, 7) is 1.41. The van der Waals surface area contributed by atoms with E-state index in [1.807, 2.05) is 6.92 Å². The monoisotopic (exact) mass is 332 g/mol. The Kier molecular flexibility index (Phi) is 4.16. The molecule has 0 spiro atoms. The third kappa shape index (κ3) is 3.19. The molecule has 0 radical (unpaired) electrons. The van der Waals surface area contributed by atoms with Gasteiger partial charge in [-0.15, -0.1) is 0 Å². The number of carbonyl (C=O) groups excluding carboxylic acids is 2. The number of halogens is 2. The summed E-state index contributed by atoms with van der Waals surface area (Å²) in [4.78, 5) is 25.4. The molecule has 0 atom stereocenters. The third-order valence-corrected chi connectivity index (χ3v) is 3.57. The van der Waals surface area contributed by atoms with Crippen LogP contribution in [0.3, 0.4) is 0 Å². The maximum absolute atomic E-state index is 13.6. The van der Waals surface area contributed by atoms with Crippen molar-refractivity contribution in [3.05, 3.63) is 53.6 Å². The van der Waals surface area contributed by atoms with Crippen LogP contribution in [0, 0.1) is 18.6 Å². The van der Waals surface area contributed by atoms with Gasteiger partial charge in [-0.25, -0.2) is 8.78 Å². The van der Waals surface area contributed by atoms with Crippen LogP contribution in [-0.4, -0.2) is 25.0 Å². The molecule has 124 valence electrons. The van der Waals surface area contributed by atoms with E-state index >= 15 is 0 Å². The fourth-order valence-electron chi connectivity index (χ4n) is 2.41. The Morgan fingerprint density at radius 1 is 1.25 bits per heavy atom. The first kappa shape index (κ1) is 15.9. The largest absolute Gasteiger partial charge is 0.482 e. The highest BCUT2D eigenvalue weighted by Crippen LogP contribution is 2.32. The molecule has 0 saturated carbocycles. The first-order valence-electron chi connectivity index (χ1n) is 7.23. The van der Waals surface area contributed by atoms with Gasteiger partial charge in [-0.05, 0) is 36.8 Å². The zero-order valence-electron chi connectivity index (χ0n) is 12.8. The Bertz CT molecular complexity index is 823. The zero-order valence-corrected chi connectivity index (χ0v) is 12.8. The van der Waals surface area contributed by atoms with Crippen molar-refractivity contribution in [1.29, 1.82) is 0 Å². The SMILES string of the molecule is Cc1ccc2c(c1)OCC(=O)N2CC(=O)Nc1ccc(F)cc1F. The summed E-state index contributed by atoms with van der Waals surface area (Å²) in [5, 5.41) is 2.33. The zero-order chi connectivity index (χ0) is 17.3. The second-order valence-electron chi connectivity index (χ2n) is 5.41. The highest BCUT2D eigenvalue weighted by atomic mass is 19.1. The number of nitrogens with zero attached hydrogens (tertiary/aromatic N) is 1. The van der Waals surface area contributed by atoms with E-state index in [1.54, 1.807) is 18.2 Å². The molecule has 1 aliphatic heterocycles. The minimum atomic E-state index is -0.882. The molecule has 7 heteroatoms. The summed E-state index contributed by atoms with van der Waals surface area (Å²) < 4.78 is 31.8. The van der Waals surface area contributed by atoms with Crippen LogP contribution in [0.2, 0.25) is 0 Å². The Morgan fingerprint density at radius 2 is 2.04 bits per heavy atom. The van der Waals surface area contributed by atoms with E-state index in [9.17, 15) is 18.4 Å². The lowest BCUT2D eigenvalue weighted by molar-refractivity contribution is -0.123. The van der Waals surface area contributed by atoms with Crippen LogP contribution in [0.1, 0.15) is 5.56 Å². The van der Waals surface area contributed by atoms with Crippen LogP contribution in [0.15, 0.2) is 36.4 Å². The first-order chi connectivity index (χ1) is 11.4. The Labute approximate surface area is 136 Å². The molecular formula is C17H14F2N2O3. The van der Waals surface area contributed by atoms with Crippen molar-refractivity contribution in [2.45, 2.75) is 6.92 Å². The van der Waals surface area contributed by atoms with Gasteiger partial charge in [0.25, 0.3) is 5.91 Å². The summed E-state index contributed by atoms with van der Waals surface area (Å²) in [6.07, 6.45) is 0. The van der Waals surface area contributed by atoms with Crippen molar-refractivity contribution in [2.75, 3.05) is 23.4 Å². The van der Waals surface area contributed by atoms with Gasteiger partial charge in [0.05, 0.1) is 11.4 Å². The van der Waals surface area contributed by atoms with E-state index in [-0.39, 0.29) is 24.7 Å². The molecular weight excluding hydrogens is 318 g/mol. The molecule has 1 aliphatic rings. The fourth-order valence-corrected chi connectivity index (χ4v) is 2.41. The van der Waals surface area contributed by atoms with Crippen LogP contribution < -0.4 is 15.0 Å². The van der Waals surface area contributed by atoms with Crippen LogP contribution in [-0.2, 0) is 9.59 Å². The van der Waals surface area contributed by atoms with Gasteiger partial charge in [0.2, 0.25) is 5.91 Å². The minimum Gasteiger partial charge on any atom is -0.482 e. The molecule has 1 N–H and O–H groups in total. The number of amides is 2. The van der Waals surface area contributed by atoms with Gasteiger partial charge in [0.1, 0.15) is 23.9 Å². The number of fused-ring (bicyclic) bond motifs is 1. The quantitative estimate of drug-likeness (QED) is 0.940. The van der Waals surface area contributed by atoms with Crippen molar-refractivity contribution in [3.63, 3.8) is 0 Å². The second kappa shape index (κ2) is 6.27. The standard InChI is InChI=1S/C17H14F2N2O3/c1-10-2-5-14-15(6-10)24-9-17(23)21(14)8-16(22)20-13-4-3-11(18)7-12(13)19/h2-7H,8-9H2,1H3,(H,20,22). The number of benzene rings is 2. The van der Waals surface area contributed by atoms with E-state index in [0.717, 1.165) is 17.7 Å². The fraction of sp³-hybridized carbons (Fsp3) is 0.176. The van der Waals surface area contributed by atoms with Gasteiger partial charge in [0, 0.05) is 6.07 Å². The topological polar surface area (TPSA) is 58.6 Å². The summed E-state index contributed by atoms with van der Waals surface area (Å²) in [7, 11) is 0. The number of ether oxygens (including phenoxy) is 1. The molecule has 24 heavy (non-hydrogen) atoms. The van der Waals surface area contributed by atoms with Gasteiger partial charge >= 0.3 is 0 Å². The number of hydrogen-bond donors (Lipinski definition) is 1. The number of anilines is 2. The predicted molar refractivity (Wildman–Crippen MR) is 84.0 cm³/mol. The molecule has 0 unspecified atom stereocenters. The van der Waals surface area contributed by atoms with Crippen LogP contribution in [0.25, 0.3) is 0 Å². The highest BCUT2D eigenvalue weighted by molar-refractivity contribution is 6.05. The number of aryl methyl sites for hydroxylation is 1. The van der Waals surface area contributed by atoms with Crippen molar-refractivity contribution < 1.29 is 23.1 Å². The Hall–Kier alpha value is -2.96. The van der Waals surface area contributed by atoms with Crippen LogP contribution >= 0.6 is 0 Å². The number of hydrogen-bond acceptors (Lipinski definition) is 3. The molecule has 0 aromatic heterocycles. The summed E-state index contributed by atoms with van der Waals surface area (Å²) in [5.74, 6) is -2.08. The lowest BCUT2D eigenvalue weighted by Crippen LogP contribution is -2.43. The lowest BCUT2D eigenvalue weighted by Gasteiger charge is -2.29. The van der Waals surface area contributed by atoms with Gasteiger partial charge in [0.15, 0.2) is 6.61 Å². The van der Waals surface area contributed by atoms with Crippen LogP contribution in [0.4, 0.5) is 20.2 Å². The van der Waals surface area contributed by atoms with E-state index in [2.05, 4.69) is 5.32 Å². The molecule has 2 amide bonds. The second-order valence-corrected chi connectivity index (χ2v) is 5.41. The van der Waals surface area contributed by atoms with E-state index < -0.39 is 17.5 Å². The van der Waals surface area contributed by atoms with Gasteiger partial charge < -0.3 is 10.1 Å².